The Morgan fingerprint density at radius 2 is 1.72 bits per heavy atom. The van der Waals surface area contributed by atoms with E-state index in [1.54, 1.807) is 20.8 Å². The van der Waals surface area contributed by atoms with Gasteiger partial charge in [0.2, 0.25) is 17.7 Å². The molecule has 5 atom stereocenters. The molecule has 0 aliphatic carbocycles. The molecular formula is C21H36N4O7. The van der Waals surface area contributed by atoms with Crippen LogP contribution in [0.2, 0.25) is 0 Å². The second-order valence-electron chi connectivity index (χ2n) is 8.66. The Morgan fingerprint density at radius 3 is 2.22 bits per heavy atom. The van der Waals surface area contributed by atoms with E-state index in [1.807, 2.05) is 6.92 Å². The molecule has 11 heteroatoms. The van der Waals surface area contributed by atoms with Crippen LogP contribution in [-0.4, -0.2) is 75.5 Å². The summed E-state index contributed by atoms with van der Waals surface area (Å²) in [5.74, 6) is -4.52. The van der Waals surface area contributed by atoms with Gasteiger partial charge in [0, 0.05) is 13.0 Å². The highest BCUT2D eigenvalue weighted by atomic mass is 16.4. The predicted molar refractivity (Wildman–Crippen MR) is 115 cm³/mol. The van der Waals surface area contributed by atoms with Crippen LogP contribution in [0.5, 0.6) is 0 Å². The molecule has 3 amide bonds. The molecule has 1 rings (SSSR count). The molecule has 0 aromatic carbocycles. The lowest BCUT2D eigenvalue weighted by molar-refractivity contribution is -0.146. The lowest BCUT2D eigenvalue weighted by Crippen LogP contribution is -2.57. The zero-order chi connectivity index (χ0) is 24.6. The van der Waals surface area contributed by atoms with Crippen molar-refractivity contribution in [1.29, 1.82) is 0 Å². The third kappa shape index (κ3) is 7.47. The zero-order valence-electron chi connectivity index (χ0n) is 19.2. The Bertz CT molecular complexity index is 712. The van der Waals surface area contributed by atoms with Crippen molar-refractivity contribution in [1.82, 2.24) is 15.5 Å². The minimum Gasteiger partial charge on any atom is -0.481 e. The maximum absolute atomic E-state index is 13.2. The summed E-state index contributed by atoms with van der Waals surface area (Å²) in [4.78, 5) is 62.3. The number of amides is 3. The first-order valence-corrected chi connectivity index (χ1v) is 11.0. The van der Waals surface area contributed by atoms with E-state index in [4.69, 9.17) is 10.8 Å². The summed E-state index contributed by atoms with van der Waals surface area (Å²) >= 11 is 0. The average molecular weight is 457 g/mol. The number of aliphatic carboxylic acids is 2. The minimum atomic E-state index is -1.17. The van der Waals surface area contributed by atoms with Gasteiger partial charge >= 0.3 is 11.9 Å². The molecule has 1 heterocycles. The third-order valence-electron chi connectivity index (χ3n) is 5.89. The Kier molecular flexibility index (Phi) is 10.6. The number of carboxylic acids is 2. The van der Waals surface area contributed by atoms with Crippen LogP contribution in [0, 0.1) is 11.8 Å². The maximum Gasteiger partial charge on any atom is 0.326 e. The average Bonchev–Trinajstić information content (AvgIpc) is 3.22. The Labute approximate surface area is 188 Å². The van der Waals surface area contributed by atoms with Crippen LogP contribution >= 0.6 is 0 Å². The standard InChI is InChI=1S/C21H36N4O7/c1-5-12(4)16(22)19(29)23-13(8-9-15(26)27)20(30)25-10-6-7-14(25)18(28)24-17(11(2)3)21(31)32/h11-14,16-17H,5-10,22H2,1-4H3,(H,23,29)(H,24,28)(H,26,27)(H,31,32). The number of nitrogens with two attached hydrogens (primary N) is 1. The maximum atomic E-state index is 13.2. The number of likely N-dealkylation sites (tertiary alicyclic amines) is 1. The fraction of sp³-hybridized carbons (Fsp3) is 0.762. The van der Waals surface area contributed by atoms with Gasteiger partial charge in [-0.05, 0) is 31.1 Å². The number of nitrogens with zero attached hydrogens (tertiary/aromatic N) is 1. The van der Waals surface area contributed by atoms with Gasteiger partial charge in [0.1, 0.15) is 18.1 Å². The number of nitrogens with one attached hydrogen (secondary N) is 2. The number of carbonyl (C=O) groups is 5. The van der Waals surface area contributed by atoms with Gasteiger partial charge < -0.3 is 31.5 Å². The molecule has 0 bridgehead atoms. The number of hydrogen-bond donors (Lipinski definition) is 5. The van der Waals surface area contributed by atoms with Crippen molar-refractivity contribution in [2.75, 3.05) is 6.54 Å². The molecule has 0 radical (unpaired) electrons. The van der Waals surface area contributed by atoms with Crippen molar-refractivity contribution in [3.63, 3.8) is 0 Å². The summed E-state index contributed by atoms with van der Waals surface area (Å²) in [5, 5.41) is 23.4. The molecule has 1 saturated heterocycles. The molecule has 182 valence electrons. The molecule has 5 unspecified atom stereocenters. The molecule has 32 heavy (non-hydrogen) atoms. The lowest BCUT2D eigenvalue weighted by atomic mass is 9.98. The number of rotatable bonds is 12. The van der Waals surface area contributed by atoms with E-state index in [-0.39, 0.29) is 31.2 Å². The van der Waals surface area contributed by atoms with E-state index < -0.39 is 53.8 Å². The van der Waals surface area contributed by atoms with Crippen LogP contribution in [-0.2, 0) is 24.0 Å². The van der Waals surface area contributed by atoms with Crippen LogP contribution in [0.25, 0.3) is 0 Å². The number of hydrogen-bond acceptors (Lipinski definition) is 6. The van der Waals surface area contributed by atoms with Crippen LogP contribution in [0.1, 0.15) is 59.8 Å². The van der Waals surface area contributed by atoms with E-state index in [0.29, 0.717) is 19.3 Å². The molecule has 6 N–H and O–H groups in total. The number of carboxylic acid groups (broad SMARTS) is 2. The van der Waals surface area contributed by atoms with Crippen molar-refractivity contribution < 1.29 is 34.2 Å². The first-order valence-electron chi connectivity index (χ1n) is 11.0. The SMILES string of the molecule is CCC(C)C(N)C(=O)NC(CCC(=O)O)C(=O)N1CCCC1C(=O)NC(C(=O)O)C(C)C. The van der Waals surface area contributed by atoms with Crippen molar-refractivity contribution in [3.05, 3.63) is 0 Å². The van der Waals surface area contributed by atoms with Gasteiger partial charge in [-0.15, -0.1) is 0 Å². The Morgan fingerprint density at radius 1 is 1.09 bits per heavy atom. The van der Waals surface area contributed by atoms with E-state index in [1.165, 1.54) is 4.90 Å². The second-order valence-corrected chi connectivity index (χ2v) is 8.66. The van der Waals surface area contributed by atoms with Gasteiger partial charge in [0.15, 0.2) is 0 Å². The quantitative estimate of drug-likeness (QED) is 0.270. The molecule has 1 aliphatic rings. The van der Waals surface area contributed by atoms with E-state index >= 15 is 0 Å². The highest BCUT2D eigenvalue weighted by Gasteiger charge is 2.39. The normalized spacial score (nSPS) is 19.7. The summed E-state index contributed by atoms with van der Waals surface area (Å²) in [6.07, 6.45) is 1.01. The van der Waals surface area contributed by atoms with Crippen LogP contribution < -0.4 is 16.4 Å². The topological polar surface area (TPSA) is 179 Å². The van der Waals surface area contributed by atoms with Gasteiger partial charge in [-0.3, -0.25) is 19.2 Å². The van der Waals surface area contributed by atoms with Crippen molar-refractivity contribution >= 4 is 29.7 Å². The largest absolute Gasteiger partial charge is 0.481 e. The fourth-order valence-corrected chi connectivity index (χ4v) is 3.57. The predicted octanol–water partition coefficient (Wildman–Crippen LogP) is -0.0742. The molecule has 11 nitrogen and oxygen atoms in total. The van der Waals surface area contributed by atoms with Gasteiger partial charge in [-0.2, -0.15) is 0 Å². The van der Waals surface area contributed by atoms with Gasteiger partial charge in [0.05, 0.1) is 6.04 Å². The van der Waals surface area contributed by atoms with Gasteiger partial charge in [-0.1, -0.05) is 34.1 Å². The smallest absolute Gasteiger partial charge is 0.326 e. The molecule has 0 aromatic rings. The zero-order valence-corrected chi connectivity index (χ0v) is 19.2. The first kappa shape index (κ1) is 27.3. The molecule has 1 aliphatic heterocycles. The van der Waals surface area contributed by atoms with Gasteiger partial charge in [-0.25, -0.2) is 4.79 Å². The van der Waals surface area contributed by atoms with Crippen molar-refractivity contribution in [2.45, 2.75) is 84.0 Å². The first-order chi connectivity index (χ1) is 14.9. The van der Waals surface area contributed by atoms with Gasteiger partial charge in [0.25, 0.3) is 0 Å². The van der Waals surface area contributed by atoms with Crippen molar-refractivity contribution in [2.24, 2.45) is 17.6 Å². The fourth-order valence-electron chi connectivity index (χ4n) is 3.57. The molecular weight excluding hydrogens is 420 g/mol. The van der Waals surface area contributed by atoms with Crippen LogP contribution in [0.4, 0.5) is 0 Å². The van der Waals surface area contributed by atoms with E-state index in [2.05, 4.69) is 10.6 Å². The van der Waals surface area contributed by atoms with E-state index in [9.17, 15) is 29.1 Å². The highest BCUT2D eigenvalue weighted by molar-refractivity contribution is 5.94. The lowest BCUT2D eigenvalue weighted by Gasteiger charge is -2.30. The second kappa shape index (κ2) is 12.4. The molecule has 0 aromatic heterocycles. The summed E-state index contributed by atoms with van der Waals surface area (Å²) in [5.41, 5.74) is 5.94. The monoisotopic (exact) mass is 456 g/mol. The summed E-state index contributed by atoms with van der Waals surface area (Å²) < 4.78 is 0. The summed E-state index contributed by atoms with van der Waals surface area (Å²) in [6.45, 7) is 7.24. The van der Waals surface area contributed by atoms with Crippen molar-refractivity contribution in [3.8, 4) is 0 Å². The highest BCUT2D eigenvalue weighted by Crippen LogP contribution is 2.20. The summed E-state index contributed by atoms with van der Waals surface area (Å²) in [6, 6.07) is -4.01. The molecule has 0 spiro atoms. The Balaban J connectivity index is 3.00. The van der Waals surface area contributed by atoms with E-state index in [0.717, 1.165) is 0 Å². The summed E-state index contributed by atoms with van der Waals surface area (Å²) in [7, 11) is 0. The molecule has 0 saturated carbocycles. The van der Waals surface area contributed by atoms with Crippen LogP contribution in [0.15, 0.2) is 0 Å². The third-order valence-corrected chi connectivity index (χ3v) is 5.89. The van der Waals surface area contributed by atoms with Crippen LogP contribution in [0.3, 0.4) is 0 Å². The Hall–Kier alpha value is -2.69. The number of carbonyl (C=O) groups excluding carboxylic acids is 3. The molecule has 1 fully saturated rings. The minimum absolute atomic E-state index is 0.139.